The van der Waals surface area contributed by atoms with E-state index in [9.17, 15) is 18.3 Å². The molecular weight excluding hydrogens is 475 g/mol. The standard InChI is InChI=1S/C22H19ClF3N5OS/c1-2-22(32)10-16-17(15-5-7-31(29-15)21(25)26)18(13-4-3-12(24)9-14(13)23)28-19(30(16)11-22)20-27-6-8-33-20/h3-9,18,21,32H,2,10-11H2,1H3/t18-,22-/m0/s1. The second-order valence-corrected chi connectivity index (χ2v) is 9.32. The summed E-state index contributed by atoms with van der Waals surface area (Å²) in [6, 6.07) is 4.75. The van der Waals surface area contributed by atoms with E-state index in [2.05, 4.69) is 10.1 Å². The molecule has 2 aromatic heterocycles. The number of aliphatic imine (C=N–C) groups is 1. The lowest BCUT2D eigenvalue weighted by atomic mass is 9.90. The van der Waals surface area contributed by atoms with Gasteiger partial charge in [0.1, 0.15) is 11.9 Å². The molecule has 0 radical (unpaired) electrons. The molecule has 5 rings (SSSR count). The Kier molecular flexibility index (Phi) is 5.54. The van der Waals surface area contributed by atoms with Crippen molar-refractivity contribution in [3.8, 4) is 0 Å². The molecule has 0 unspecified atom stereocenters. The Morgan fingerprint density at radius 3 is 2.79 bits per heavy atom. The molecule has 2 aliphatic heterocycles. The number of halogens is 4. The molecule has 3 aromatic rings. The first kappa shape index (κ1) is 22.1. The van der Waals surface area contributed by atoms with Crippen LogP contribution >= 0.6 is 22.9 Å². The fraction of sp³-hybridized carbons (Fsp3) is 0.318. The third-order valence-electron chi connectivity index (χ3n) is 5.99. The maximum absolute atomic E-state index is 13.8. The Balaban J connectivity index is 1.76. The van der Waals surface area contributed by atoms with Crippen molar-refractivity contribution in [2.45, 2.75) is 38.0 Å². The second kappa shape index (κ2) is 8.27. The third-order valence-corrected chi connectivity index (χ3v) is 7.09. The number of thiazole rings is 1. The average molecular weight is 494 g/mol. The summed E-state index contributed by atoms with van der Waals surface area (Å²) in [6.07, 6.45) is 3.62. The highest BCUT2D eigenvalue weighted by molar-refractivity contribution is 7.11. The van der Waals surface area contributed by atoms with E-state index < -0.39 is 24.0 Å². The molecule has 6 nitrogen and oxygen atoms in total. The van der Waals surface area contributed by atoms with E-state index in [1.54, 1.807) is 6.20 Å². The maximum Gasteiger partial charge on any atom is 0.333 e. The van der Waals surface area contributed by atoms with Crippen LogP contribution in [0.15, 0.2) is 52.7 Å². The van der Waals surface area contributed by atoms with Crippen LogP contribution in [0.25, 0.3) is 5.57 Å². The molecule has 172 valence electrons. The van der Waals surface area contributed by atoms with Crippen molar-refractivity contribution in [3.63, 3.8) is 0 Å². The summed E-state index contributed by atoms with van der Waals surface area (Å²) in [6.45, 7) is -0.638. The highest BCUT2D eigenvalue weighted by Crippen LogP contribution is 2.48. The highest BCUT2D eigenvalue weighted by atomic mass is 35.5. The molecule has 1 saturated heterocycles. The van der Waals surface area contributed by atoms with Crippen molar-refractivity contribution in [3.05, 3.63) is 74.8 Å². The van der Waals surface area contributed by atoms with E-state index in [-0.39, 0.29) is 18.0 Å². The first-order chi connectivity index (χ1) is 15.8. The number of hydrogen-bond acceptors (Lipinski definition) is 6. The zero-order chi connectivity index (χ0) is 23.3. The summed E-state index contributed by atoms with van der Waals surface area (Å²) < 4.78 is 41.0. The van der Waals surface area contributed by atoms with Gasteiger partial charge in [-0.1, -0.05) is 24.6 Å². The molecule has 0 aliphatic carbocycles. The number of alkyl halides is 2. The summed E-state index contributed by atoms with van der Waals surface area (Å²) in [4.78, 5) is 11.2. The Bertz CT molecular complexity index is 1260. The molecular formula is C22H19ClF3N5OS. The SMILES string of the molecule is CC[C@]1(O)CC2=C(c3ccn(C(F)F)n3)[C@H](c3ccc(F)cc3Cl)N=C(c3nccs3)N2C1. The fourth-order valence-electron chi connectivity index (χ4n) is 4.28. The van der Waals surface area contributed by atoms with Crippen LogP contribution in [0.4, 0.5) is 13.2 Å². The van der Waals surface area contributed by atoms with E-state index in [1.807, 2.05) is 17.2 Å². The Morgan fingerprint density at radius 1 is 1.33 bits per heavy atom. The molecule has 1 aromatic carbocycles. The van der Waals surface area contributed by atoms with Crippen LogP contribution in [0.5, 0.6) is 0 Å². The van der Waals surface area contributed by atoms with Crippen LogP contribution in [-0.2, 0) is 0 Å². The van der Waals surface area contributed by atoms with Crippen molar-refractivity contribution in [2.24, 2.45) is 4.99 Å². The van der Waals surface area contributed by atoms with Crippen LogP contribution in [0.2, 0.25) is 5.02 Å². The molecule has 2 aliphatic rings. The Morgan fingerprint density at radius 2 is 2.15 bits per heavy atom. The molecule has 2 atom stereocenters. The second-order valence-electron chi connectivity index (χ2n) is 8.02. The van der Waals surface area contributed by atoms with Gasteiger partial charge < -0.3 is 10.0 Å². The number of aromatic nitrogens is 3. The number of nitrogens with zero attached hydrogens (tertiary/aromatic N) is 5. The minimum absolute atomic E-state index is 0.158. The van der Waals surface area contributed by atoms with Crippen molar-refractivity contribution in [1.82, 2.24) is 19.7 Å². The lowest BCUT2D eigenvalue weighted by Gasteiger charge is -2.32. The maximum atomic E-state index is 13.8. The van der Waals surface area contributed by atoms with Gasteiger partial charge >= 0.3 is 6.55 Å². The van der Waals surface area contributed by atoms with Gasteiger partial charge in [0, 0.05) is 46.1 Å². The number of hydrogen-bond donors (Lipinski definition) is 1. The number of benzene rings is 1. The number of amidine groups is 1. The van der Waals surface area contributed by atoms with E-state index >= 15 is 0 Å². The van der Waals surface area contributed by atoms with Gasteiger partial charge in [-0.25, -0.2) is 14.1 Å². The van der Waals surface area contributed by atoms with E-state index in [0.29, 0.717) is 44.5 Å². The largest absolute Gasteiger partial charge is 0.388 e. The molecule has 11 heteroatoms. The predicted molar refractivity (Wildman–Crippen MR) is 120 cm³/mol. The van der Waals surface area contributed by atoms with Gasteiger partial charge in [0.15, 0.2) is 10.8 Å². The summed E-state index contributed by atoms with van der Waals surface area (Å²) in [7, 11) is 0. The minimum Gasteiger partial charge on any atom is -0.388 e. The van der Waals surface area contributed by atoms with Crippen LogP contribution in [0.1, 0.15) is 48.6 Å². The molecule has 0 saturated carbocycles. The summed E-state index contributed by atoms with van der Waals surface area (Å²) in [5, 5.41) is 17.9. The first-order valence-corrected chi connectivity index (χ1v) is 11.5. The van der Waals surface area contributed by atoms with Gasteiger partial charge in [-0.2, -0.15) is 13.9 Å². The van der Waals surface area contributed by atoms with Crippen molar-refractivity contribution in [2.75, 3.05) is 6.54 Å². The van der Waals surface area contributed by atoms with Crippen LogP contribution in [-0.4, -0.2) is 42.8 Å². The van der Waals surface area contributed by atoms with E-state index in [4.69, 9.17) is 16.6 Å². The average Bonchev–Trinajstić information content (AvgIpc) is 3.52. The number of rotatable bonds is 5. The van der Waals surface area contributed by atoms with Crippen LogP contribution < -0.4 is 0 Å². The van der Waals surface area contributed by atoms with Crippen LogP contribution in [0, 0.1) is 5.82 Å². The Labute approximate surface area is 196 Å². The smallest absolute Gasteiger partial charge is 0.333 e. The predicted octanol–water partition coefficient (Wildman–Crippen LogP) is 5.29. The third kappa shape index (κ3) is 3.85. The van der Waals surface area contributed by atoms with Gasteiger partial charge in [-0.3, -0.25) is 4.99 Å². The molecule has 0 amide bonds. The zero-order valence-corrected chi connectivity index (χ0v) is 19.0. The normalized spacial score (nSPS) is 22.8. The molecule has 0 spiro atoms. The molecule has 0 bridgehead atoms. The summed E-state index contributed by atoms with van der Waals surface area (Å²) in [5.74, 6) is 0.0505. The van der Waals surface area contributed by atoms with E-state index in [1.165, 1.54) is 41.8 Å². The summed E-state index contributed by atoms with van der Waals surface area (Å²) >= 11 is 7.81. The lowest BCUT2D eigenvalue weighted by molar-refractivity contribution is 0.0519. The fourth-order valence-corrected chi connectivity index (χ4v) is 5.19. The van der Waals surface area contributed by atoms with Crippen molar-refractivity contribution >= 4 is 34.3 Å². The molecule has 4 heterocycles. The van der Waals surface area contributed by atoms with Crippen LogP contribution in [0.3, 0.4) is 0 Å². The number of aliphatic hydroxyl groups is 1. The summed E-state index contributed by atoms with van der Waals surface area (Å²) in [5.41, 5.74) is 1.03. The van der Waals surface area contributed by atoms with Gasteiger partial charge in [-0.05, 0) is 24.6 Å². The van der Waals surface area contributed by atoms with Crippen molar-refractivity contribution < 1.29 is 18.3 Å². The van der Waals surface area contributed by atoms with Gasteiger partial charge in [0.2, 0.25) is 0 Å². The topological polar surface area (TPSA) is 66.5 Å². The monoisotopic (exact) mass is 493 g/mol. The number of fused-ring (bicyclic) bond motifs is 1. The van der Waals surface area contributed by atoms with E-state index in [0.717, 1.165) is 0 Å². The quantitative estimate of drug-likeness (QED) is 0.524. The highest BCUT2D eigenvalue weighted by Gasteiger charge is 2.46. The first-order valence-electron chi connectivity index (χ1n) is 10.3. The Hall–Kier alpha value is -2.69. The zero-order valence-electron chi connectivity index (χ0n) is 17.4. The molecule has 33 heavy (non-hydrogen) atoms. The van der Waals surface area contributed by atoms with Crippen molar-refractivity contribution in [1.29, 1.82) is 0 Å². The van der Waals surface area contributed by atoms with Gasteiger partial charge in [0.25, 0.3) is 0 Å². The van der Waals surface area contributed by atoms with Gasteiger partial charge in [0.05, 0.1) is 17.8 Å². The minimum atomic E-state index is -2.80. The van der Waals surface area contributed by atoms with Gasteiger partial charge in [-0.15, -0.1) is 11.3 Å². The molecule has 1 fully saturated rings. The lowest BCUT2D eigenvalue weighted by Crippen LogP contribution is -2.37. The molecule has 1 N–H and O–H groups in total.